The van der Waals surface area contributed by atoms with Gasteiger partial charge in [0.15, 0.2) is 5.69 Å². The van der Waals surface area contributed by atoms with E-state index >= 15 is 0 Å². The summed E-state index contributed by atoms with van der Waals surface area (Å²) in [6.07, 6.45) is 7.17. The van der Waals surface area contributed by atoms with Crippen molar-refractivity contribution in [1.82, 2.24) is 19.6 Å². The molecule has 2 aliphatic heterocycles. The van der Waals surface area contributed by atoms with Gasteiger partial charge in [0.25, 0.3) is 5.91 Å². The minimum Gasteiger partial charge on any atom is -0.396 e. The van der Waals surface area contributed by atoms with Gasteiger partial charge in [0.2, 0.25) is 0 Å². The minimum absolute atomic E-state index is 0.0112. The number of fused-ring (bicyclic) bond motifs is 1. The summed E-state index contributed by atoms with van der Waals surface area (Å²) in [7, 11) is 1.86. The molecule has 1 aromatic heterocycles. The predicted octanol–water partition coefficient (Wildman–Crippen LogP) is 2.73. The van der Waals surface area contributed by atoms with Crippen LogP contribution in [0.15, 0.2) is 42.5 Å². The maximum absolute atomic E-state index is 13.3. The van der Waals surface area contributed by atoms with E-state index in [0.29, 0.717) is 5.69 Å². The third-order valence-electron chi connectivity index (χ3n) is 6.90. The summed E-state index contributed by atoms with van der Waals surface area (Å²) >= 11 is 0. The van der Waals surface area contributed by atoms with Gasteiger partial charge in [-0.25, -0.2) is 0 Å². The average molecular weight is 409 g/mol. The number of aliphatic hydroxyl groups is 1. The molecule has 1 aromatic carbocycles. The standard InChI is InChI=1S/C24H32N4O2/c1-19-16-21(25-26(19)2)23(30)28-14-7-11-24(18-29)12-15-27(17-22(24)28)13-6-10-20-8-4-3-5-9-20/h3-6,8-10,16,22,29H,7,11-15,17-18H2,1-2H3/t22-,24-/m0/s1. The zero-order chi connectivity index (χ0) is 21.1. The summed E-state index contributed by atoms with van der Waals surface area (Å²) in [5.41, 5.74) is 2.47. The first-order chi connectivity index (χ1) is 14.5. The van der Waals surface area contributed by atoms with Gasteiger partial charge in [-0.05, 0) is 44.4 Å². The van der Waals surface area contributed by atoms with Crippen LogP contribution in [0.1, 0.15) is 41.0 Å². The molecule has 2 fully saturated rings. The maximum atomic E-state index is 13.3. The number of nitrogens with zero attached hydrogens (tertiary/aromatic N) is 4. The molecule has 1 amide bonds. The highest BCUT2D eigenvalue weighted by molar-refractivity contribution is 5.92. The second-order valence-electron chi connectivity index (χ2n) is 8.76. The van der Waals surface area contributed by atoms with Crippen LogP contribution in [0.5, 0.6) is 0 Å². The first-order valence-corrected chi connectivity index (χ1v) is 10.9. The van der Waals surface area contributed by atoms with Crippen LogP contribution in [0.3, 0.4) is 0 Å². The number of likely N-dealkylation sites (tertiary alicyclic amines) is 2. The van der Waals surface area contributed by atoms with E-state index in [4.69, 9.17) is 0 Å². The van der Waals surface area contributed by atoms with E-state index in [-0.39, 0.29) is 24.0 Å². The van der Waals surface area contributed by atoms with Crippen LogP contribution >= 0.6 is 0 Å². The molecule has 0 unspecified atom stereocenters. The molecule has 30 heavy (non-hydrogen) atoms. The Morgan fingerprint density at radius 1 is 1.27 bits per heavy atom. The number of aryl methyl sites for hydroxylation is 2. The molecular formula is C24H32N4O2. The van der Waals surface area contributed by atoms with Crippen molar-refractivity contribution < 1.29 is 9.90 Å². The van der Waals surface area contributed by atoms with E-state index in [1.807, 2.05) is 43.1 Å². The second kappa shape index (κ2) is 8.74. The number of aliphatic hydroxyl groups excluding tert-OH is 1. The molecule has 2 atom stereocenters. The Labute approximate surface area is 178 Å². The summed E-state index contributed by atoms with van der Waals surface area (Å²) in [6.45, 7) is 5.40. The van der Waals surface area contributed by atoms with Crippen molar-refractivity contribution >= 4 is 12.0 Å². The second-order valence-corrected chi connectivity index (χ2v) is 8.76. The average Bonchev–Trinajstić information content (AvgIpc) is 3.12. The van der Waals surface area contributed by atoms with Crippen molar-refractivity contribution in [3.63, 3.8) is 0 Å². The van der Waals surface area contributed by atoms with E-state index in [1.165, 1.54) is 5.56 Å². The molecule has 2 aromatic rings. The SMILES string of the molecule is Cc1cc(C(=O)N2CCC[C@@]3(CO)CCN(CC=Cc4ccccc4)C[C@H]23)nn1C. The van der Waals surface area contributed by atoms with E-state index in [2.05, 4.69) is 34.3 Å². The number of aromatic nitrogens is 2. The van der Waals surface area contributed by atoms with Gasteiger partial charge in [0.1, 0.15) is 0 Å². The lowest BCUT2D eigenvalue weighted by molar-refractivity contribution is -0.0618. The van der Waals surface area contributed by atoms with E-state index < -0.39 is 0 Å². The third-order valence-corrected chi connectivity index (χ3v) is 6.90. The molecule has 0 aliphatic carbocycles. The van der Waals surface area contributed by atoms with Crippen LogP contribution < -0.4 is 0 Å². The molecule has 6 nitrogen and oxygen atoms in total. The smallest absolute Gasteiger partial charge is 0.274 e. The lowest BCUT2D eigenvalue weighted by Crippen LogP contribution is -2.63. The lowest BCUT2D eigenvalue weighted by Gasteiger charge is -2.54. The highest BCUT2D eigenvalue weighted by Crippen LogP contribution is 2.42. The van der Waals surface area contributed by atoms with E-state index in [9.17, 15) is 9.90 Å². The van der Waals surface area contributed by atoms with Crippen molar-refractivity contribution in [2.24, 2.45) is 12.5 Å². The maximum Gasteiger partial charge on any atom is 0.274 e. The monoisotopic (exact) mass is 408 g/mol. The molecule has 1 N–H and O–H groups in total. The summed E-state index contributed by atoms with van der Waals surface area (Å²) in [5.74, 6) is -0.0112. The highest BCUT2D eigenvalue weighted by Gasteiger charge is 2.49. The number of benzene rings is 1. The number of carbonyl (C=O) groups is 1. The summed E-state index contributed by atoms with van der Waals surface area (Å²) in [5, 5.41) is 14.7. The number of rotatable bonds is 5. The van der Waals surface area contributed by atoms with Gasteiger partial charge in [-0.3, -0.25) is 14.4 Å². The Morgan fingerprint density at radius 2 is 2.07 bits per heavy atom. The zero-order valence-corrected chi connectivity index (χ0v) is 18.0. The quantitative estimate of drug-likeness (QED) is 0.826. The normalized spacial score (nSPS) is 24.9. The Balaban J connectivity index is 1.50. The predicted molar refractivity (Wildman–Crippen MR) is 118 cm³/mol. The van der Waals surface area contributed by atoms with Crippen LogP contribution in [0.25, 0.3) is 6.08 Å². The van der Waals surface area contributed by atoms with Gasteiger partial charge < -0.3 is 10.0 Å². The third kappa shape index (κ3) is 4.07. The van der Waals surface area contributed by atoms with Crippen molar-refractivity contribution in [2.75, 3.05) is 32.8 Å². The molecule has 6 heteroatoms. The fourth-order valence-corrected chi connectivity index (χ4v) is 4.94. The molecule has 4 rings (SSSR count). The first-order valence-electron chi connectivity index (χ1n) is 10.9. The van der Waals surface area contributed by atoms with Gasteiger partial charge in [-0.15, -0.1) is 0 Å². The van der Waals surface area contributed by atoms with Gasteiger partial charge in [-0.1, -0.05) is 42.5 Å². The number of piperidine rings is 2. The summed E-state index contributed by atoms with van der Waals surface area (Å²) < 4.78 is 1.75. The topological polar surface area (TPSA) is 61.6 Å². The Hall–Kier alpha value is -2.44. The van der Waals surface area contributed by atoms with E-state index in [0.717, 1.165) is 51.1 Å². The first kappa shape index (κ1) is 20.8. The fourth-order valence-electron chi connectivity index (χ4n) is 4.94. The molecule has 160 valence electrons. The van der Waals surface area contributed by atoms with Crippen LogP contribution in [-0.4, -0.2) is 69.4 Å². The van der Waals surface area contributed by atoms with Crippen molar-refractivity contribution in [1.29, 1.82) is 0 Å². The minimum atomic E-state index is -0.197. The molecule has 3 heterocycles. The molecule has 2 saturated heterocycles. The van der Waals surface area contributed by atoms with Gasteiger partial charge in [0, 0.05) is 37.8 Å². The Morgan fingerprint density at radius 3 is 2.77 bits per heavy atom. The highest BCUT2D eigenvalue weighted by atomic mass is 16.3. The van der Waals surface area contributed by atoms with Crippen molar-refractivity contribution in [3.8, 4) is 0 Å². The van der Waals surface area contributed by atoms with Gasteiger partial charge in [-0.2, -0.15) is 5.10 Å². The van der Waals surface area contributed by atoms with Crippen LogP contribution in [0.4, 0.5) is 0 Å². The van der Waals surface area contributed by atoms with Crippen LogP contribution in [0.2, 0.25) is 0 Å². The molecule has 2 aliphatic rings. The van der Waals surface area contributed by atoms with Crippen molar-refractivity contribution in [2.45, 2.75) is 32.2 Å². The molecule has 0 spiro atoms. The van der Waals surface area contributed by atoms with Gasteiger partial charge >= 0.3 is 0 Å². The van der Waals surface area contributed by atoms with Crippen molar-refractivity contribution in [3.05, 3.63) is 59.4 Å². The molecule has 0 saturated carbocycles. The van der Waals surface area contributed by atoms with E-state index in [1.54, 1.807) is 4.68 Å². The molecule has 0 radical (unpaired) electrons. The van der Waals surface area contributed by atoms with Gasteiger partial charge in [0.05, 0.1) is 12.6 Å². The summed E-state index contributed by atoms with van der Waals surface area (Å²) in [6, 6.07) is 12.2. The lowest BCUT2D eigenvalue weighted by atomic mass is 9.69. The number of hydrogen-bond donors (Lipinski definition) is 1. The molecular weight excluding hydrogens is 376 g/mol. The Bertz CT molecular complexity index is 888. The van der Waals surface area contributed by atoms with Crippen LogP contribution in [-0.2, 0) is 7.05 Å². The largest absolute Gasteiger partial charge is 0.396 e. The Kier molecular flexibility index (Phi) is 6.06. The van der Waals surface area contributed by atoms with Crippen LogP contribution in [0, 0.1) is 12.3 Å². The summed E-state index contributed by atoms with van der Waals surface area (Å²) in [4.78, 5) is 17.7. The number of amides is 1. The number of hydrogen-bond acceptors (Lipinski definition) is 4. The zero-order valence-electron chi connectivity index (χ0n) is 18.0. The fraction of sp³-hybridized carbons (Fsp3) is 0.500. The number of carbonyl (C=O) groups excluding carboxylic acids is 1. The molecule has 0 bridgehead atoms.